The molecular formula is C12H13Br2N5. The lowest BCUT2D eigenvalue weighted by Crippen LogP contribution is -2.26. The molecule has 1 atom stereocenters. The molecule has 1 aliphatic rings. The minimum atomic E-state index is 0.223. The van der Waals surface area contributed by atoms with Gasteiger partial charge in [-0.15, -0.1) is 5.10 Å². The third-order valence-corrected chi connectivity index (χ3v) is 4.32. The molecule has 0 amide bonds. The summed E-state index contributed by atoms with van der Waals surface area (Å²) in [6.45, 7) is 1.73. The maximum absolute atomic E-state index is 5.90. The Bertz CT molecular complexity index is 598. The molecule has 0 saturated carbocycles. The predicted molar refractivity (Wildman–Crippen MR) is 82.0 cm³/mol. The zero-order valence-corrected chi connectivity index (χ0v) is 13.3. The molecule has 5 nitrogen and oxygen atoms in total. The quantitative estimate of drug-likeness (QED) is 0.831. The molecule has 3 N–H and O–H groups in total. The van der Waals surface area contributed by atoms with Crippen molar-refractivity contribution < 1.29 is 0 Å². The van der Waals surface area contributed by atoms with Crippen molar-refractivity contribution in [1.82, 2.24) is 15.2 Å². The summed E-state index contributed by atoms with van der Waals surface area (Å²) in [7, 11) is 0. The lowest BCUT2D eigenvalue weighted by atomic mass is 10.2. The van der Waals surface area contributed by atoms with E-state index in [0.717, 1.165) is 45.8 Å². The number of nitrogens with one attached hydrogen (secondary N) is 1. The van der Waals surface area contributed by atoms with Crippen LogP contribution < -0.4 is 10.6 Å². The molecule has 2 aromatic rings. The standard InChI is InChI=1S/C12H13Br2N5/c13-7-1-2-9(10(14)5-7)11-16-12(18-17-11)19-4-3-8(15)6-19/h1-2,5,8H,3-4,6,15H2,(H,16,17,18). The first-order chi connectivity index (χ1) is 9.13. The van der Waals surface area contributed by atoms with Crippen LogP contribution in [0.15, 0.2) is 27.1 Å². The van der Waals surface area contributed by atoms with Crippen LogP contribution in [-0.4, -0.2) is 34.3 Å². The van der Waals surface area contributed by atoms with Crippen molar-refractivity contribution in [2.45, 2.75) is 12.5 Å². The van der Waals surface area contributed by atoms with Crippen molar-refractivity contribution in [2.24, 2.45) is 5.73 Å². The molecule has 7 heteroatoms. The highest BCUT2D eigenvalue weighted by molar-refractivity contribution is 9.11. The van der Waals surface area contributed by atoms with Gasteiger partial charge in [0, 0.05) is 33.6 Å². The Balaban J connectivity index is 1.88. The third-order valence-electron chi connectivity index (χ3n) is 3.17. The Morgan fingerprint density at radius 3 is 2.89 bits per heavy atom. The Morgan fingerprint density at radius 2 is 2.21 bits per heavy atom. The largest absolute Gasteiger partial charge is 0.338 e. The van der Waals surface area contributed by atoms with Crippen LogP contribution in [0.25, 0.3) is 11.4 Å². The minimum Gasteiger partial charge on any atom is -0.338 e. The van der Waals surface area contributed by atoms with E-state index in [9.17, 15) is 0 Å². The highest BCUT2D eigenvalue weighted by atomic mass is 79.9. The number of aromatic amines is 1. The van der Waals surface area contributed by atoms with Crippen molar-refractivity contribution in [3.05, 3.63) is 27.1 Å². The SMILES string of the molecule is NC1CCN(c2n[nH]c(-c3ccc(Br)cc3Br)n2)C1. The van der Waals surface area contributed by atoms with E-state index >= 15 is 0 Å². The smallest absolute Gasteiger partial charge is 0.245 e. The molecule has 1 fully saturated rings. The van der Waals surface area contributed by atoms with Crippen molar-refractivity contribution in [3.63, 3.8) is 0 Å². The molecule has 1 aromatic carbocycles. The van der Waals surface area contributed by atoms with Crippen molar-refractivity contribution in [3.8, 4) is 11.4 Å². The predicted octanol–water partition coefficient (Wildman–Crippen LogP) is 2.53. The fourth-order valence-corrected chi connectivity index (χ4v) is 3.40. The van der Waals surface area contributed by atoms with Crippen LogP contribution >= 0.6 is 31.9 Å². The van der Waals surface area contributed by atoms with Gasteiger partial charge in [0.15, 0.2) is 5.82 Å². The van der Waals surface area contributed by atoms with E-state index in [1.807, 2.05) is 18.2 Å². The highest BCUT2D eigenvalue weighted by Crippen LogP contribution is 2.29. The van der Waals surface area contributed by atoms with Crippen LogP contribution in [0, 0.1) is 0 Å². The van der Waals surface area contributed by atoms with E-state index in [0.29, 0.717) is 0 Å². The van der Waals surface area contributed by atoms with Crippen molar-refractivity contribution >= 4 is 37.8 Å². The van der Waals surface area contributed by atoms with Gasteiger partial charge in [-0.1, -0.05) is 15.9 Å². The van der Waals surface area contributed by atoms with Crippen LogP contribution in [0.5, 0.6) is 0 Å². The van der Waals surface area contributed by atoms with Gasteiger partial charge >= 0.3 is 0 Å². The summed E-state index contributed by atoms with van der Waals surface area (Å²) in [5.41, 5.74) is 6.89. The van der Waals surface area contributed by atoms with Gasteiger partial charge in [-0.05, 0) is 40.5 Å². The van der Waals surface area contributed by atoms with Crippen molar-refractivity contribution in [1.29, 1.82) is 0 Å². The van der Waals surface area contributed by atoms with Gasteiger partial charge < -0.3 is 10.6 Å². The van der Waals surface area contributed by atoms with E-state index in [4.69, 9.17) is 5.73 Å². The average molecular weight is 387 g/mol. The average Bonchev–Trinajstić information content (AvgIpc) is 2.97. The number of nitrogens with zero attached hydrogens (tertiary/aromatic N) is 3. The van der Waals surface area contributed by atoms with Gasteiger partial charge in [-0.2, -0.15) is 4.98 Å². The molecule has 1 saturated heterocycles. The molecule has 1 aliphatic heterocycles. The summed E-state index contributed by atoms with van der Waals surface area (Å²) in [5.74, 6) is 1.48. The number of anilines is 1. The normalized spacial score (nSPS) is 19.1. The van der Waals surface area contributed by atoms with Crippen LogP contribution in [0.2, 0.25) is 0 Å². The van der Waals surface area contributed by atoms with Gasteiger partial charge in [-0.25, -0.2) is 0 Å². The summed E-state index contributed by atoms with van der Waals surface area (Å²) >= 11 is 6.97. The van der Waals surface area contributed by atoms with Crippen molar-refractivity contribution in [2.75, 3.05) is 18.0 Å². The zero-order chi connectivity index (χ0) is 13.4. The topological polar surface area (TPSA) is 70.8 Å². The van der Waals surface area contributed by atoms with Crippen LogP contribution in [-0.2, 0) is 0 Å². The number of halogens is 2. The monoisotopic (exact) mass is 385 g/mol. The number of rotatable bonds is 2. The number of nitrogens with two attached hydrogens (primary N) is 1. The summed E-state index contributed by atoms with van der Waals surface area (Å²) in [6.07, 6.45) is 0.992. The van der Waals surface area contributed by atoms with E-state index in [2.05, 4.69) is 51.9 Å². The van der Waals surface area contributed by atoms with E-state index < -0.39 is 0 Å². The molecule has 19 heavy (non-hydrogen) atoms. The summed E-state index contributed by atoms with van der Waals surface area (Å²) in [6, 6.07) is 6.19. The fraction of sp³-hybridized carbons (Fsp3) is 0.333. The van der Waals surface area contributed by atoms with E-state index in [1.54, 1.807) is 0 Å². The Labute approximate surface area is 127 Å². The summed E-state index contributed by atoms with van der Waals surface area (Å²) in [4.78, 5) is 6.65. The van der Waals surface area contributed by atoms with Crippen LogP contribution in [0.4, 0.5) is 5.95 Å². The Kier molecular flexibility index (Phi) is 3.60. The van der Waals surface area contributed by atoms with Gasteiger partial charge in [0.25, 0.3) is 0 Å². The molecule has 1 aromatic heterocycles. The Hall–Kier alpha value is -0.920. The van der Waals surface area contributed by atoms with E-state index in [1.165, 1.54) is 0 Å². The van der Waals surface area contributed by atoms with Gasteiger partial charge in [-0.3, -0.25) is 5.10 Å². The number of hydrogen-bond donors (Lipinski definition) is 2. The molecule has 2 heterocycles. The summed E-state index contributed by atoms with van der Waals surface area (Å²) in [5, 5.41) is 7.26. The number of H-pyrrole nitrogens is 1. The molecular weight excluding hydrogens is 374 g/mol. The molecule has 0 radical (unpaired) electrons. The van der Waals surface area contributed by atoms with Crippen LogP contribution in [0.1, 0.15) is 6.42 Å². The van der Waals surface area contributed by atoms with Gasteiger partial charge in [0.2, 0.25) is 5.95 Å². The molecule has 0 aliphatic carbocycles. The zero-order valence-electron chi connectivity index (χ0n) is 10.1. The second kappa shape index (κ2) is 5.22. The molecule has 3 rings (SSSR count). The number of aromatic nitrogens is 3. The lowest BCUT2D eigenvalue weighted by molar-refractivity contribution is 0.750. The van der Waals surface area contributed by atoms with Gasteiger partial charge in [0.1, 0.15) is 0 Å². The van der Waals surface area contributed by atoms with E-state index in [-0.39, 0.29) is 6.04 Å². The molecule has 100 valence electrons. The molecule has 0 spiro atoms. The second-order valence-corrected chi connectivity index (χ2v) is 6.37. The first-order valence-electron chi connectivity index (χ1n) is 6.02. The molecule has 1 unspecified atom stereocenters. The first kappa shape index (κ1) is 13.1. The maximum Gasteiger partial charge on any atom is 0.245 e. The third kappa shape index (κ3) is 2.68. The summed E-state index contributed by atoms with van der Waals surface area (Å²) < 4.78 is 2.00. The maximum atomic E-state index is 5.90. The highest BCUT2D eigenvalue weighted by Gasteiger charge is 2.22. The number of hydrogen-bond acceptors (Lipinski definition) is 4. The first-order valence-corrected chi connectivity index (χ1v) is 7.60. The second-order valence-electron chi connectivity index (χ2n) is 4.60. The molecule has 0 bridgehead atoms. The van der Waals surface area contributed by atoms with Crippen LogP contribution in [0.3, 0.4) is 0 Å². The van der Waals surface area contributed by atoms with Gasteiger partial charge in [0.05, 0.1) is 0 Å². The minimum absolute atomic E-state index is 0.223. The fourth-order valence-electron chi connectivity index (χ4n) is 2.17. The Morgan fingerprint density at radius 1 is 1.37 bits per heavy atom. The lowest BCUT2D eigenvalue weighted by Gasteiger charge is -2.11. The number of benzene rings is 1.